The van der Waals surface area contributed by atoms with Crippen molar-refractivity contribution >= 4 is 5.69 Å². The van der Waals surface area contributed by atoms with Crippen molar-refractivity contribution in [1.29, 1.82) is 0 Å². The lowest BCUT2D eigenvalue weighted by molar-refractivity contribution is 0.170. The number of benzene rings is 1. The van der Waals surface area contributed by atoms with Gasteiger partial charge in [0.15, 0.2) is 0 Å². The Kier molecular flexibility index (Phi) is 3.92. The Hall–Kier alpha value is -1.06. The van der Waals surface area contributed by atoms with Gasteiger partial charge in [0.25, 0.3) is 0 Å². The van der Waals surface area contributed by atoms with Crippen LogP contribution in [-0.2, 0) is 0 Å². The van der Waals surface area contributed by atoms with Crippen molar-refractivity contribution in [2.24, 2.45) is 5.73 Å². The molecule has 1 unspecified atom stereocenters. The van der Waals surface area contributed by atoms with E-state index in [0.717, 1.165) is 11.3 Å². The molecule has 1 aromatic rings. The summed E-state index contributed by atoms with van der Waals surface area (Å²) in [4.78, 5) is 2.01. The summed E-state index contributed by atoms with van der Waals surface area (Å²) in [7, 11) is 3.96. The van der Waals surface area contributed by atoms with Gasteiger partial charge in [0.2, 0.25) is 0 Å². The minimum absolute atomic E-state index is 0.445. The van der Waals surface area contributed by atoms with Crippen LogP contribution in [0.2, 0.25) is 0 Å². The molecule has 0 aliphatic heterocycles. The van der Waals surface area contributed by atoms with Crippen LogP contribution in [0.1, 0.15) is 18.1 Å². The highest BCUT2D eigenvalue weighted by Gasteiger charge is 2.06. The van der Waals surface area contributed by atoms with Crippen LogP contribution in [0, 0.1) is 0 Å². The maximum atomic E-state index is 9.73. The Morgan fingerprint density at radius 1 is 1.43 bits per heavy atom. The van der Waals surface area contributed by atoms with Gasteiger partial charge in [-0.3, -0.25) is 0 Å². The minimum atomic E-state index is -0.445. The van der Waals surface area contributed by atoms with E-state index in [1.165, 1.54) is 0 Å². The summed E-state index contributed by atoms with van der Waals surface area (Å²) < 4.78 is 0. The van der Waals surface area contributed by atoms with E-state index in [2.05, 4.69) is 0 Å². The van der Waals surface area contributed by atoms with E-state index in [9.17, 15) is 5.11 Å². The van der Waals surface area contributed by atoms with Crippen LogP contribution in [0.3, 0.4) is 0 Å². The van der Waals surface area contributed by atoms with Crippen LogP contribution in [0.15, 0.2) is 24.3 Å². The topological polar surface area (TPSA) is 49.5 Å². The summed E-state index contributed by atoms with van der Waals surface area (Å²) >= 11 is 0. The van der Waals surface area contributed by atoms with Gasteiger partial charge in [-0.05, 0) is 30.7 Å². The third kappa shape index (κ3) is 2.72. The summed E-state index contributed by atoms with van der Waals surface area (Å²) in [5.41, 5.74) is 7.42. The van der Waals surface area contributed by atoms with Crippen molar-refractivity contribution in [2.45, 2.75) is 12.5 Å². The number of nitrogens with two attached hydrogens (primary N) is 1. The molecule has 3 nitrogen and oxygen atoms in total. The molecule has 0 saturated heterocycles. The molecule has 3 N–H and O–H groups in total. The molecular weight excluding hydrogens is 176 g/mol. The standard InChI is InChI=1S/C11H18N2O/c1-13(2)10-5-3-4-9(8-10)11(14)6-7-12/h3-5,8,11,14H,6-7,12H2,1-2H3. The predicted molar refractivity (Wildman–Crippen MR) is 59.4 cm³/mol. The molecule has 1 atom stereocenters. The van der Waals surface area contributed by atoms with E-state index in [-0.39, 0.29) is 0 Å². The second-order valence-corrected chi connectivity index (χ2v) is 3.58. The predicted octanol–water partition coefficient (Wildman–Crippen LogP) is 1.13. The Morgan fingerprint density at radius 2 is 2.14 bits per heavy atom. The van der Waals surface area contributed by atoms with E-state index in [4.69, 9.17) is 5.73 Å². The normalized spacial score (nSPS) is 12.6. The number of hydrogen-bond acceptors (Lipinski definition) is 3. The minimum Gasteiger partial charge on any atom is -0.388 e. The molecule has 0 spiro atoms. The zero-order valence-electron chi connectivity index (χ0n) is 8.77. The summed E-state index contributed by atoms with van der Waals surface area (Å²) in [5, 5.41) is 9.73. The van der Waals surface area contributed by atoms with Crippen molar-refractivity contribution in [2.75, 3.05) is 25.5 Å². The highest BCUT2D eigenvalue weighted by atomic mass is 16.3. The van der Waals surface area contributed by atoms with Gasteiger partial charge in [0, 0.05) is 19.8 Å². The van der Waals surface area contributed by atoms with Gasteiger partial charge >= 0.3 is 0 Å². The van der Waals surface area contributed by atoms with Gasteiger partial charge in [-0.15, -0.1) is 0 Å². The van der Waals surface area contributed by atoms with Gasteiger partial charge in [-0.25, -0.2) is 0 Å². The third-order valence-electron chi connectivity index (χ3n) is 2.21. The Bertz CT molecular complexity index is 286. The van der Waals surface area contributed by atoms with E-state index in [1.807, 2.05) is 43.3 Å². The van der Waals surface area contributed by atoms with Crippen LogP contribution in [-0.4, -0.2) is 25.7 Å². The number of nitrogens with zero attached hydrogens (tertiary/aromatic N) is 1. The van der Waals surface area contributed by atoms with Crippen LogP contribution in [0.25, 0.3) is 0 Å². The van der Waals surface area contributed by atoms with E-state index < -0.39 is 6.10 Å². The first-order valence-corrected chi connectivity index (χ1v) is 4.80. The second-order valence-electron chi connectivity index (χ2n) is 3.58. The number of rotatable bonds is 4. The van der Waals surface area contributed by atoms with Crippen LogP contribution >= 0.6 is 0 Å². The first-order valence-electron chi connectivity index (χ1n) is 4.80. The molecule has 0 bridgehead atoms. The third-order valence-corrected chi connectivity index (χ3v) is 2.21. The Balaban J connectivity index is 2.82. The SMILES string of the molecule is CN(C)c1cccc(C(O)CCN)c1. The molecule has 0 aliphatic rings. The number of anilines is 1. The smallest absolute Gasteiger partial charge is 0.0802 e. The highest BCUT2D eigenvalue weighted by molar-refractivity contribution is 5.47. The molecule has 0 heterocycles. The van der Waals surface area contributed by atoms with E-state index in [0.29, 0.717) is 13.0 Å². The maximum absolute atomic E-state index is 9.73. The molecule has 14 heavy (non-hydrogen) atoms. The van der Waals surface area contributed by atoms with Crippen molar-refractivity contribution in [1.82, 2.24) is 0 Å². The molecule has 0 fully saturated rings. The zero-order valence-corrected chi connectivity index (χ0v) is 8.77. The molecule has 3 heteroatoms. The lowest BCUT2D eigenvalue weighted by Crippen LogP contribution is -2.10. The quantitative estimate of drug-likeness (QED) is 0.755. The Morgan fingerprint density at radius 3 is 2.71 bits per heavy atom. The molecule has 0 amide bonds. The number of aliphatic hydroxyl groups is 1. The van der Waals surface area contributed by atoms with E-state index >= 15 is 0 Å². The number of hydrogen-bond donors (Lipinski definition) is 2. The van der Waals surface area contributed by atoms with Gasteiger partial charge in [0.05, 0.1) is 6.10 Å². The van der Waals surface area contributed by atoms with Crippen molar-refractivity contribution in [3.8, 4) is 0 Å². The molecule has 1 rings (SSSR count). The fourth-order valence-electron chi connectivity index (χ4n) is 1.33. The van der Waals surface area contributed by atoms with Crippen LogP contribution in [0.4, 0.5) is 5.69 Å². The first-order chi connectivity index (χ1) is 6.65. The first kappa shape index (κ1) is 11.0. The molecule has 0 aromatic heterocycles. The summed E-state index contributed by atoms with van der Waals surface area (Å²) in [6.45, 7) is 0.507. The van der Waals surface area contributed by atoms with Crippen molar-refractivity contribution < 1.29 is 5.11 Å². The monoisotopic (exact) mass is 194 g/mol. The Labute approximate surface area is 85.2 Å². The average molecular weight is 194 g/mol. The lowest BCUT2D eigenvalue weighted by atomic mass is 10.1. The fraction of sp³-hybridized carbons (Fsp3) is 0.455. The van der Waals surface area contributed by atoms with Gasteiger partial charge in [-0.2, -0.15) is 0 Å². The summed E-state index contributed by atoms with van der Waals surface area (Å²) in [6, 6.07) is 7.87. The maximum Gasteiger partial charge on any atom is 0.0802 e. The summed E-state index contributed by atoms with van der Waals surface area (Å²) in [6.07, 6.45) is 0.163. The largest absolute Gasteiger partial charge is 0.388 e. The molecular formula is C11H18N2O. The lowest BCUT2D eigenvalue weighted by Gasteiger charge is -2.15. The highest BCUT2D eigenvalue weighted by Crippen LogP contribution is 2.20. The average Bonchev–Trinajstić information content (AvgIpc) is 2.18. The van der Waals surface area contributed by atoms with Crippen LogP contribution < -0.4 is 10.6 Å². The molecule has 0 radical (unpaired) electrons. The summed E-state index contributed by atoms with van der Waals surface area (Å²) in [5.74, 6) is 0. The second kappa shape index (κ2) is 4.98. The van der Waals surface area contributed by atoms with Crippen molar-refractivity contribution in [3.05, 3.63) is 29.8 Å². The van der Waals surface area contributed by atoms with Gasteiger partial charge in [-0.1, -0.05) is 12.1 Å². The number of aliphatic hydroxyl groups excluding tert-OH is 1. The molecule has 78 valence electrons. The zero-order chi connectivity index (χ0) is 10.6. The fourth-order valence-corrected chi connectivity index (χ4v) is 1.33. The van der Waals surface area contributed by atoms with Gasteiger partial charge in [0.1, 0.15) is 0 Å². The molecule has 0 saturated carbocycles. The molecule has 0 aliphatic carbocycles. The van der Waals surface area contributed by atoms with Crippen LogP contribution in [0.5, 0.6) is 0 Å². The van der Waals surface area contributed by atoms with Gasteiger partial charge < -0.3 is 15.7 Å². The molecule has 1 aromatic carbocycles. The van der Waals surface area contributed by atoms with Crippen molar-refractivity contribution in [3.63, 3.8) is 0 Å². The van der Waals surface area contributed by atoms with E-state index in [1.54, 1.807) is 0 Å².